The van der Waals surface area contributed by atoms with Gasteiger partial charge in [-0.3, -0.25) is 4.99 Å². The van der Waals surface area contributed by atoms with Crippen molar-refractivity contribution in [2.75, 3.05) is 20.8 Å². The van der Waals surface area contributed by atoms with E-state index in [1.54, 1.807) is 14.2 Å². The van der Waals surface area contributed by atoms with E-state index >= 15 is 0 Å². The molecule has 0 spiro atoms. The van der Waals surface area contributed by atoms with Crippen LogP contribution in [0, 0.1) is 6.92 Å². The van der Waals surface area contributed by atoms with Crippen molar-refractivity contribution >= 4 is 17.8 Å². The lowest BCUT2D eigenvalue weighted by Gasteiger charge is -2.20. The van der Waals surface area contributed by atoms with E-state index in [-0.39, 0.29) is 0 Å². The second-order valence-corrected chi connectivity index (χ2v) is 4.06. The highest BCUT2D eigenvalue weighted by molar-refractivity contribution is 6.35. The van der Waals surface area contributed by atoms with E-state index in [1.807, 2.05) is 13.1 Å². The quantitative estimate of drug-likeness (QED) is 0.795. The fraction of sp³-hybridized carbons (Fsp3) is 0.417. The van der Waals surface area contributed by atoms with Gasteiger partial charge < -0.3 is 9.47 Å². The third-order valence-corrected chi connectivity index (χ3v) is 3.26. The summed E-state index contributed by atoms with van der Waals surface area (Å²) in [5.41, 5.74) is 3.26. The molecule has 0 aliphatic carbocycles. The summed E-state index contributed by atoms with van der Waals surface area (Å²) in [5.74, 6) is 1.32. The summed E-state index contributed by atoms with van der Waals surface area (Å²) in [6, 6.07) is 0. The van der Waals surface area contributed by atoms with Crippen molar-refractivity contribution < 1.29 is 9.47 Å². The predicted molar refractivity (Wildman–Crippen MR) is 65.5 cm³/mol. The zero-order valence-electron chi connectivity index (χ0n) is 9.63. The first-order valence-electron chi connectivity index (χ1n) is 5.13. The molecule has 4 heteroatoms. The number of benzene rings is 1. The minimum atomic E-state index is 0.586. The van der Waals surface area contributed by atoms with Crippen LogP contribution >= 0.6 is 11.6 Å². The first-order valence-corrected chi connectivity index (χ1v) is 5.51. The van der Waals surface area contributed by atoms with Crippen molar-refractivity contribution in [3.8, 4) is 11.5 Å². The molecule has 0 saturated carbocycles. The second kappa shape index (κ2) is 4.34. The highest BCUT2D eigenvalue weighted by Crippen LogP contribution is 2.43. The Bertz CT molecular complexity index is 455. The molecule has 0 atom stereocenters. The van der Waals surface area contributed by atoms with Crippen LogP contribution in [0.15, 0.2) is 4.99 Å². The number of rotatable bonds is 2. The minimum absolute atomic E-state index is 0.586. The molecule has 16 heavy (non-hydrogen) atoms. The Kier molecular flexibility index (Phi) is 3.06. The Morgan fingerprint density at radius 1 is 1.25 bits per heavy atom. The SMILES string of the molecule is COc1c(C)c2c(c(Cl)c1OC)C=NCC2. The molecule has 1 aliphatic rings. The molecule has 1 aromatic carbocycles. The van der Waals surface area contributed by atoms with Crippen molar-refractivity contribution in [1.82, 2.24) is 0 Å². The molecule has 86 valence electrons. The Balaban J connectivity index is 2.75. The molecule has 0 fully saturated rings. The summed E-state index contributed by atoms with van der Waals surface area (Å²) in [4.78, 5) is 4.25. The number of nitrogens with zero attached hydrogens (tertiary/aromatic N) is 1. The monoisotopic (exact) mass is 239 g/mol. The Hall–Kier alpha value is -1.22. The molecular weight excluding hydrogens is 226 g/mol. The van der Waals surface area contributed by atoms with Gasteiger partial charge >= 0.3 is 0 Å². The lowest BCUT2D eigenvalue weighted by atomic mass is 9.96. The van der Waals surface area contributed by atoms with Gasteiger partial charge in [0.05, 0.1) is 19.2 Å². The molecule has 0 radical (unpaired) electrons. The van der Waals surface area contributed by atoms with Crippen molar-refractivity contribution in [3.63, 3.8) is 0 Å². The van der Waals surface area contributed by atoms with Crippen LogP contribution in [0.1, 0.15) is 16.7 Å². The van der Waals surface area contributed by atoms with E-state index in [4.69, 9.17) is 21.1 Å². The summed E-state index contributed by atoms with van der Waals surface area (Å²) < 4.78 is 10.7. The summed E-state index contributed by atoms with van der Waals surface area (Å²) >= 11 is 6.29. The Morgan fingerprint density at radius 3 is 2.56 bits per heavy atom. The highest BCUT2D eigenvalue weighted by Gasteiger charge is 2.22. The molecule has 0 N–H and O–H groups in total. The van der Waals surface area contributed by atoms with Gasteiger partial charge in [0.15, 0.2) is 11.5 Å². The van der Waals surface area contributed by atoms with Gasteiger partial charge in [-0.2, -0.15) is 0 Å². The zero-order valence-corrected chi connectivity index (χ0v) is 10.4. The Labute approximate surface area is 100 Å². The number of aliphatic imine (C=N–C) groups is 1. The average Bonchev–Trinajstić information content (AvgIpc) is 2.33. The van der Waals surface area contributed by atoms with E-state index in [9.17, 15) is 0 Å². The standard InChI is InChI=1S/C12H14ClNO2/c1-7-8-4-5-14-6-9(8)10(13)12(16-3)11(7)15-2/h6H,4-5H2,1-3H3. The van der Waals surface area contributed by atoms with Crippen LogP contribution in [0.2, 0.25) is 5.02 Å². The third kappa shape index (κ3) is 1.55. The number of fused-ring (bicyclic) bond motifs is 1. The van der Waals surface area contributed by atoms with Gasteiger partial charge in [-0.05, 0) is 24.5 Å². The first-order chi connectivity index (χ1) is 7.70. The molecule has 1 heterocycles. The van der Waals surface area contributed by atoms with Crippen LogP contribution in [0.4, 0.5) is 0 Å². The summed E-state index contributed by atoms with van der Waals surface area (Å²) in [6.45, 7) is 2.83. The fourth-order valence-electron chi connectivity index (χ4n) is 2.08. The highest BCUT2D eigenvalue weighted by atomic mass is 35.5. The van der Waals surface area contributed by atoms with Crippen molar-refractivity contribution in [1.29, 1.82) is 0 Å². The maximum atomic E-state index is 6.29. The van der Waals surface area contributed by atoms with E-state index in [1.165, 1.54) is 5.56 Å². The molecule has 2 rings (SSSR count). The summed E-state index contributed by atoms with van der Waals surface area (Å²) in [7, 11) is 3.22. The third-order valence-electron chi connectivity index (χ3n) is 2.88. The van der Waals surface area contributed by atoms with Crippen molar-refractivity contribution in [2.45, 2.75) is 13.3 Å². The van der Waals surface area contributed by atoms with E-state index in [2.05, 4.69) is 4.99 Å². The summed E-state index contributed by atoms with van der Waals surface area (Å²) in [6.07, 6.45) is 2.72. The maximum Gasteiger partial charge on any atom is 0.180 e. The lowest BCUT2D eigenvalue weighted by molar-refractivity contribution is 0.352. The number of hydrogen-bond donors (Lipinski definition) is 0. The van der Waals surface area contributed by atoms with Crippen LogP contribution < -0.4 is 9.47 Å². The molecule has 0 unspecified atom stereocenters. The first kappa shape index (κ1) is 11.3. The van der Waals surface area contributed by atoms with Gasteiger partial charge in [-0.25, -0.2) is 0 Å². The number of halogens is 1. The van der Waals surface area contributed by atoms with Crippen molar-refractivity contribution in [2.24, 2.45) is 4.99 Å². The molecule has 0 saturated heterocycles. The van der Waals surface area contributed by atoms with Gasteiger partial charge in [0.1, 0.15) is 0 Å². The predicted octanol–water partition coefficient (Wildman–Crippen LogP) is 2.64. The van der Waals surface area contributed by atoms with Gasteiger partial charge in [-0.15, -0.1) is 0 Å². The summed E-state index contributed by atoms with van der Waals surface area (Å²) in [5, 5.41) is 0.586. The van der Waals surface area contributed by atoms with Crippen LogP contribution in [0.5, 0.6) is 11.5 Å². The fourth-order valence-corrected chi connectivity index (χ4v) is 2.41. The van der Waals surface area contributed by atoms with Gasteiger partial charge in [0.2, 0.25) is 0 Å². The minimum Gasteiger partial charge on any atom is -0.493 e. The molecule has 0 bridgehead atoms. The van der Waals surface area contributed by atoms with Crippen LogP contribution in [-0.2, 0) is 6.42 Å². The van der Waals surface area contributed by atoms with Gasteiger partial charge in [-0.1, -0.05) is 11.6 Å². The smallest absolute Gasteiger partial charge is 0.180 e. The van der Waals surface area contributed by atoms with E-state index in [0.717, 1.165) is 29.8 Å². The molecule has 0 aromatic heterocycles. The second-order valence-electron chi connectivity index (χ2n) is 3.68. The van der Waals surface area contributed by atoms with Gasteiger partial charge in [0.25, 0.3) is 0 Å². The van der Waals surface area contributed by atoms with Crippen molar-refractivity contribution in [3.05, 3.63) is 21.7 Å². The molecule has 1 aromatic rings. The number of ether oxygens (including phenoxy) is 2. The average molecular weight is 240 g/mol. The van der Waals surface area contributed by atoms with Crippen LogP contribution in [0.25, 0.3) is 0 Å². The normalized spacial score (nSPS) is 13.5. The Morgan fingerprint density at radius 2 is 1.94 bits per heavy atom. The van der Waals surface area contributed by atoms with Crippen LogP contribution in [-0.4, -0.2) is 27.0 Å². The molecular formula is C12H14ClNO2. The van der Waals surface area contributed by atoms with Gasteiger partial charge in [0, 0.05) is 18.3 Å². The van der Waals surface area contributed by atoms with E-state index < -0.39 is 0 Å². The topological polar surface area (TPSA) is 30.8 Å². The zero-order chi connectivity index (χ0) is 11.7. The number of hydrogen-bond acceptors (Lipinski definition) is 3. The number of methoxy groups -OCH3 is 2. The largest absolute Gasteiger partial charge is 0.493 e. The van der Waals surface area contributed by atoms with Crippen LogP contribution in [0.3, 0.4) is 0 Å². The maximum absolute atomic E-state index is 6.29. The lowest BCUT2D eigenvalue weighted by Crippen LogP contribution is -2.09. The molecule has 1 aliphatic heterocycles. The molecule has 3 nitrogen and oxygen atoms in total. The van der Waals surface area contributed by atoms with E-state index in [0.29, 0.717) is 10.8 Å². The molecule has 0 amide bonds.